The van der Waals surface area contributed by atoms with Crippen molar-refractivity contribution in [2.75, 3.05) is 19.6 Å². The molecule has 34 heavy (non-hydrogen) atoms. The number of fused-ring (bicyclic) bond motifs is 1. The van der Waals surface area contributed by atoms with Gasteiger partial charge < -0.3 is 16.4 Å². The molecule has 3 aliphatic rings. The summed E-state index contributed by atoms with van der Waals surface area (Å²) in [5.41, 5.74) is 20.6. The molecule has 5 rings (SSSR count). The number of nitrogens with zero attached hydrogens (tertiary/aromatic N) is 2. The van der Waals surface area contributed by atoms with Gasteiger partial charge in [0.15, 0.2) is 6.17 Å². The Labute approximate surface area is 204 Å². The van der Waals surface area contributed by atoms with E-state index in [0.717, 1.165) is 42.8 Å². The normalized spacial score (nSPS) is 29.8. The van der Waals surface area contributed by atoms with Gasteiger partial charge in [0.1, 0.15) is 6.17 Å². The van der Waals surface area contributed by atoms with Gasteiger partial charge in [0, 0.05) is 41.7 Å². The highest BCUT2D eigenvalue weighted by molar-refractivity contribution is 6.30. The fourth-order valence-electron chi connectivity index (χ4n) is 5.79. The summed E-state index contributed by atoms with van der Waals surface area (Å²) < 4.78 is 0. The molecule has 0 aromatic heterocycles. The van der Waals surface area contributed by atoms with Gasteiger partial charge in [0.05, 0.1) is 0 Å². The lowest BCUT2D eigenvalue weighted by atomic mass is 9.68. The molecule has 2 heterocycles. The molecule has 180 valence electrons. The van der Waals surface area contributed by atoms with Gasteiger partial charge in [-0.05, 0) is 61.1 Å². The zero-order valence-electron chi connectivity index (χ0n) is 19.0. The molecule has 2 aromatic rings. The zero-order valence-corrected chi connectivity index (χ0v) is 19.8. The van der Waals surface area contributed by atoms with E-state index in [2.05, 4.69) is 21.8 Å². The number of halogens is 1. The average molecular weight is 483 g/mol. The van der Waals surface area contributed by atoms with Gasteiger partial charge in [-0.15, -0.1) is 0 Å². The van der Waals surface area contributed by atoms with E-state index in [9.17, 15) is 9.59 Å². The second-order valence-corrected chi connectivity index (χ2v) is 10.0. The molecule has 2 saturated heterocycles. The second-order valence-electron chi connectivity index (χ2n) is 9.58. The van der Waals surface area contributed by atoms with E-state index in [1.54, 1.807) is 12.1 Å². The Balaban J connectivity index is 1.25. The quantitative estimate of drug-likeness (QED) is 0.517. The molecule has 0 bridgehead atoms. The number of carbonyl (C=O) groups excluding carboxylic acids is 2. The Morgan fingerprint density at radius 1 is 1.06 bits per heavy atom. The molecule has 2 atom stereocenters. The third kappa shape index (κ3) is 4.10. The van der Waals surface area contributed by atoms with E-state index in [1.165, 1.54) is 5.56 Å². The third-order valence-electron chi connectivity index (χ3n) is 7.83. The predicted molar refractivity (Wildman–Crippen MR) is 131 cm³/mol. The third-order valence-corrected chi connectivity index (χ3v) is 8.06. The zero-order chi connectivity index (χ0) is 23.9. The molecule has 1 aliphatic carbocycles. The van der Waals surface area contributed by atoms with E-state index in [4.69, 9.17) is 23.1 Å². The van der Waals surface area contributed by atoms with E-state index in [1.807, 2.05) is 35.2 Å². The summed E-state index contributed by atoms with van der Waals surface area (Å²) in [6, 6.07) is 15.4. The number of hydrazine groups is 1. The van der Waals surface area contributed by atoms with Crippen LogP contribution in [0.25, 0.3) is 0 Å². The molecule has 0 radical (unpaired) electrons. The highest BCUT2D eigenvalue weighted by Gasteiger charge is 2.46. The van der Waals surface area contributed by atoms with Crippen molar-refractivity contribution in [1.29, 1.82) is 0 Å². The first-order valence-electron chi connectivity index (χ1n) is 11.8. The first-order valence-corrected chi connectivity index (χ1v) is 12.2. The van der Waals surface area contributed by atoms with Crippen LogP contribution >= 0.6 is 11.6 Å². The Kier molecular flexibility index (Phi) is 6.35. The molecule has 2 aliphatic heterocycles. The van der Waals surface area contributed by atoms with E-state index >= 15 is 0 Å². The first kappa shape index (κ1) is 23.3. The molecule has 6 N–H and O–H groups in total. The van der Waals surface area contributed by atoms with Crippen LogP contribution in [0.4, 0.5) is 0 Å². The molecule has 0 spiro atoms. The van der Waals surface area contributed by atoms with Crippen LogP contribution in [0.5, 0.6) is 0 Å². The largest absolute Gasteiger partial charge is 0.366 e. The number of nitrogens with one attached hydrogen (secondary N) is 2. The smallest absolute Gasteiger partial charge is 0.256 e. The van der Waals surface area contributed by atoms with Crippen molar-refractivity contribution in [3.8, 4) is 0 Å². The number of hydrogen-bond donors (Lipinski definition) is 4. The molecule has 2 amide bonds. The van der Waals surface area contributed by atoms with Gasteiger partial charge in [-0.1, -0.05) is 35.9 Å². The van der Waals surface area contributed by atoms with Crippen LogP contribution in [0.15, 0.2) is 48.5 Å². The van der Waals surface area contributed by atoms with Gasteiger partial charge in [-0.3, -0.25) is 14.5 Å². The SMILES string of the molecule is NCC1(c2cccc(Cl)c2)CCC(N2CCN3C(NNC3c3ccc(C(N)=O)cc3)C2=O)CC1. The molecule has 2 unspecified atom stereocenters. The van der Waals surface area contributed by atoms with Crippen molar-refractivity contribution in [1.82, 2.24) is 20.7 Å². The maximum Gasteiger partial charge on any atom is 0.256 e. The Hall–Kier alpha value is -2.49. The standard InChI is InChI=1S/C25H31ClN6O2/c26-19-3-1-2-18(14-19)25(15-27)10-8-20(9-11-25)31-12-13-32-22(29-30-23(32)24(31)34)17-6-4-16(5-7-17)21(28)33/h1-7,14,20,22-23,29-30H,8-13,15,27H2,(H2,28,33). The summed E-state index contributed by atoms with van der Waals surface area (Å²) >= 11 is 6.25. The monoisotopic (exact) mass is 482 g/mol. The van der Waals surface area contributed by atoms with Crippen LogP contribution in [-0.2, 0) is 10.2 Å². The maximum atomic E-state index is 13.5. The first-order chi connectivity index (χ1) is 16.4. The Morgan fingerprint density at radius 2 is 1.76 bits per heavy atom. The summed E-state index contributed by atoms with van der Waals surface area (Å²) in [6.07, 6.45) is 3.17. The van der Waals surface area contributed by atoms with Crippen molar-refractivity contribution < 1.29 is 9.59 Å². The summed E-state index contributed by atoms with van der Waals surface area (Å²) in [6.45, 7) is 2.02. The molecule has 9 heteroatoms. The van der Waals surface area contributed by atoms with Crippen LogP contribution in [0.1, 0.15) is 53.3 Å². The summed E-state index contributed by atoms with van der Waals surface area (Å²) in [5.74, 6) is -0.352. The number of amides is 2. The molecule has 3 fully saturated rings. The lowest BCUT2D eigenvalue weighted by Crippen LogP contribution is -2.61. The minimum atomic E-state index is -0.452. The van der Waals surface area contributed by atoms with Crippen molar-refractivity contribution in [2.45, 2.75) is 49.5 Å². The lowest BCUT2D eigenvalue weighted by molar-refractivity contribution is -0.146. The summed E-state index contributed by atoms with van der Waals surface area (Å²) in [5, 5.41) is 0.734. The van der Waals surface area contributed by atoms with Crippen molar-refractivity contribution in [3.63, 3.8) is 0 Å². The second kappa shape index (κ2) is 9.28. The number of nitrogens with two attached hydrogens (primary N) is 2. The Bertz CT molecular complexity index is 1070. The summed E-state index contributed by atoms with van der Waals surface area (Å²) in [4.78, 5) is 29.0. The minimum absolute atomic E-state index is 0.0817. The number of rotatable bonds is 5. The van der Waals surface area contributed by atoms with Gasteiger partial charge in [0.2, 0.25) is 5.91 Å². The number of piperazine rings is 1. The Morgan fingerprint density at radius 3 is 2.41 bits per heavy atom. The lowest BCUT2D eigenvalue weighted by Gasteiger charge is -2.47. The van der Waals surface area contributed by atoms with E-state index in [0.29, 0.717) is 18.7 Å². The van der Waals surface area contributed by atoms with Gasteiger partial charge in [-0.25, -0.2) is 10.9 Å². The van der Waals surface area contributed by atoms with Gasteiger partial charge in [-0.2, -0.15) is 0 Å². The van der Waals surface area contributed by atoms with Crippen LogP contribution in [-0.4, -0.2) is 53.5 Å². The predicted octanol–water partition coefficient (Wildman–Crippen LogP) is 1.85. The van der Waals surface area contributed by atoms with Crippen molar-refractivity contribution in [3.05, 3.63) is 70.2 Å². The van der Waals surface area contributed by atoms with Crippen molar-refractivity contribution in [2.24, 2.45) is 11.5 Å². The highest BCUT2D eigenvalue weighted by atomic mass is 35.5. The fraction of sp³-hybridized carbons (Fsp3) is 0.440. The molecule has 1 saturated carbocycles. The number of hydrogen-bond acceptors (Lipinski definition) is 6. The van der Waals surface area contributed by atoms with E-state index in [-0.39, 0.29) is 23.5 Å². The molecular weight excluding hydrogens is 452 g/mol. The van der Waals surface area contributed by atoms with Crippen molar-refractivity contribution >= 4 is 23.4 Å². The topological polar surface area (TPSA) is 117 Å². The van der Waals surface area contributed by atoms with Crippen LogP contribution in [0.2, 0.25) is 5.02 Å². The maximum absolute atomic E-state index is 13.5. The number of benzene rings is 2. The molecule has 8 nitrogen and oxygen atoms in total. The number of carbonyl (C=O) groups is 2. The van der Waals surface area contributed by atoms with Crippen LogP contribution in [0.3, 0.4) is 0 Å². The van der Waals surface area contributed by atoms with Crippen LogP contribution in [0, 0.1) is 0 Å². The fourth-order valence-corrected chi connectivity index (χ4v) is 5.98. The summed E-state index contributed by atoms with van der Waals surface area (Å²) in [7, 11) is 0. The van der Waals surface area contributed by atoms with E-state index < -0.39 is 12.1 Å². The molecular formula is C25H31ClN6O2. The van der Waals surface area contributed by atoms with Gasteiger partial charge in [0.25, 0.3) is 5.91 Å². The van der Waals surface area contributed by atoms with Gasteiger partial charge >= 0.3 is 0 Å². The minimum Gasteiger partial charge on any atom is -0.366 e. The highest BCUT2D eigenvalue weighted by Crippen LogP contribution is 2.41. The van der Waals surface area contributed by atoms with Crippen LogP contribution < -0.4 is 22.3 Å². The molecule has 2 aromatic carbocycles. The number of primary amides is 1. The average Bonchev–Trinajstić information content (AvgIpc) is 3.30.